The first-order valence-electron chi connectivity index (χ1n) is 4.17. The molecule has 0 saturated heterocycles. The quantitative estimate of drug-likeness (QED) is 0.709. The van der Waals surface area contributed by atoms with Crippen LogP contribution in [-0.2, 0) is 6.18 Å². The number of hydrogen-bond donors (Lipinski definition) is 0. The molecule has 0 aliphatic rings. The molecule has 0 saturated carbocycles. The highest BCUT2D eigenvalue weighted by Gasteiger charge is 2.32. The number of alkyl halides is 3. The first-order valence-corrected chi connectivity index (χ1v) is 4.17. The SMILES string of the molecule is FC(F)(F)c1[c]nn(-c2ccccc2)c1. The van der Waals surface area contributed by atoms with Gasteiger partial charge < -0.3 is 0 Å². The van der Waals surface area contributed by atoms with Crippen LogP contribution in [0.15, 0.2) is 36.5 Å². The van der Waals surface area contributed by atoms with Crippen molar-refractivity contribution in [3.05, 3.63) is 48.3 Å². The second kappa shape index (κ2) is 3.42. The van der Waals surface area contributed by atoms with Crippen LogP contribution in [0.1, 0.15) is 5.56 Å². The summed E-state index contributed by atoms with van der Waals surface area (Å²) < 4.78 is 37.8. The minimum absolute atomic E-state index is 0.573. The third-order valence-electron chi connectivity index (χ3n) is 1.86. The Morgan fingerprint density at radius 2 is 1.80 bits per heavy atom. The molecular formula is C10H6F3N2. The van der Waals surface area contributed by atoms with E-state index in [1.165, 1.54) is 0 Å². The molecule has 0 fully saturated rings. The van der Waals surface area contributed by atoms with Crippen LogP contribution in [-0.4, -0.2) is 9.78 Å². The van der Waals surface area contributed by atoms with E-state index in [2.05, 4.69) is 5.10 Å². The van der Waals surface area contributed by atoms with E-state index in [1.807, 2.05) is 6.20 Å². The summed E-state index contributed by atoms with van der Waals surface area (Å²) >= 11 is 0. The van der Waals surface area contributed by atoms with Gasteiger partial charge in [0.05, 0.1) is 5.69 Å². The summed E-state index contributed by atoms with van der Waals surface area (Å²) in [7, 11) is 0. The topological polar surface area (TPSA) is 17.8 Å². The second-order valence-electron chi connectivity index (χ2n) is 2.93. The molecule has 0 N–H and O–H groups in total. The second-order valence-corrected chi connectivity index (χ2v) is 2.93. The Labute approximate surface area is 84.0 Å². The number of rotatable bonds is 1. The molecule has 0 atom stereocenters. The van der Waals surface area contributed by atoms with E-state index in [0.29, 0.717) is 5.69 Å². The first kappa shape index (κ1) is 9.76. The molecule has 0 amide bonds. The van der Waals surface area contributed by atoms with Crippen molar-refractivity contribution in [2.45, 2.75) is 6.18 Å². The van der Waals surface area contributed by atoms with E-state index in [-0.39, 0.29) is 0 Å². The highest BCUT2D eigenvalue weighted by Crippen LogP contribution is 2.28. The van der Waals surface area contributed by atoms with E-state index >= 15 is 0 Å². The zero-order valence-electron chi connectivity index (χ0n) is 7.49. The van der Waals surface area contributed by atoms with Crippen molar-refractivity contribution in [2.24, 2.45) is 0 Å². The Kier molecular flexibility index (Phi) is 2.22. The third-order valence-corrected chi connectivity index (χ3v) is 1.86. The van der Waals surface area contributed by atoms with E-state index in [0.717, 1.165) is 10.9 Å². The average Bonchev–Trinajstić information content (AvgIpc) is 2.67. The summed E-state index contributed by atoms with van der Waals surface area (Å²) in [4.78, 5) is 0. The Morgan fingerprint density at radius 3 is 2.33 bits per heavy atom. The maximum Gasteiger partial charge on any atom is 0.420 e. The number of benzene rings is 1. The molecule has 2 aromatic rings. The van der Waals surface area contributed by atoms with Crippen LogP contribution in [0.5, 0.6) is 0 Å². The molecule has 1 heterocycles. The van der Waals surface area contributed by atoms with Gasteiger partial charge in [-0.1, -0.05) is 18.2 Å². The lowest BCUT2D eigenvalue weighted by Crippen LogP contribution is -2.03. The van der Waals surface area contributed by atoms with Crippen molar-refractivity contribution in [1.29, 1.82) is 0 Å². The summed E-state index contributed by atoms with van der Waals surface area (Å²) in [6, 6.07) is 8.57. The number of hydrogen-bond acceptors (Lipinski definition) is 1. The molecular weight excluding hydrogens is 205 g/mol. The molecule has 0 aliphatic heterocycles. The van der Waals surface area contributed by atoms with Gasteiger partial charge in [-0.3, -0.25) is 0 Å². The van der Waals surface area contributed by atoms with Gasteiger partial charge in [0, 0.05) is 6.20 Å². The van der Waals surface area contributed by atoms with Gasteiger partial charge in [-0.05, 0) is 12.1 Å². The fraction of sp³-hybridized carbons (Fsp3) is 0.100. The van der Waals surface area contributed by atoms with Crippen LogP contribution < -0.4 is 0 Å². The Morgan fingerprint density at radius 1 is 1.13 bits per heavy atom. The zero-order valence-corrected chi connectivity index (χ0v) is 7.49. The van der Waals surface area contributed by atoms with Crippen LogP contribution in [0.25, 0.3) is 5.69 Å². The van der Waals surface area contributed by atoms with Crippen molar-refractivity contribution in [2.75, 3.05) is 0 Å². The molecule has 1 radical (unpaired) electrons. The Hall–Kier alpha value is -1.78. The molecule has 1 aromatic carbocycles. The number of para-hydroxylation sites is 1. The van der Waals surface area contributed by atoms with E-state index in [1.54, 1.807) is 30.3 Å². The number of halogens is 3. The van der Waals surface area contributed by atoms with Crippen molar-refractivity contribution in [3.8, 4) is 5.69 Å². The normalized spacial score (nSPS) is 11.7. The summed E-state index contributed by atoms with van der Waals surface area (Å²) in [5, 5.41) is 3.52. The van der Waals surface area contributed by atoms with E-state index in [4.69, 9.17) is 0 Å². The van der Waals surface area contributed by atoms with Gasteiger partial charge in [-0.2, -0.15) is 18.3 Å². The van der Waals surface area contributed by atoms with Crippen LogP contribution in [0.4, 0.5) is 13.2 Å². The highest BCUT2D eigenvalue weighted by molar-refractivity contribution is 5.31. The monoisotopic (exact) mass is 211 g/mol. The summed E-state index contributed by atoms with van der Waals surface area (Å²) in [6.45, 7) is 0. The summed E-state index contributed by atoms with van der Waals surface area (Å²) in [5.74, 6) is 0. The van der Waals surface area contributed by atoms with Gasteiger partial charge in [0.15, 0.2) is 0 Å². The van der Waals surface area contributed by atoms with Gasteiger partial charge in [-0.25, -0.2) is 4.68 Å². The standard InChI is InChI=1S/C10H6F3N2/c11-10(12,13)8-6-14-15(7-8)9-4-2-1-3-5-9/h1-5,7H. The van der Waals surface area contributed by atoms with E-state index < -0.39 is 11.7 Å². The molecule has 0 unspecified atom stereocenters. The van der Waals surface area contributed by atoms with Crippen molar-refractivity contribution in [1.82, 2.24) is 9.78 Å². The predicted molar refractivity (Wildman–Crippen MR) is 47.4 cm³/mol. The highest BCUT2D eigenvalue weighted by atomic mass is 19.4. The molecule has 1 aromatic heterocycles. The lowest BCUT2D eigenvalue weighted by molar-refractivity contribution is -0.137. The van der Waals surface area contributed by atoms with Crippen LogP contribution in [0.2, 0.25) is 0 Å². The maximum atomic E-state index is 12.2. The van der Waals surface area contributed by atoms with Gasteiger partial charge in [0.1, 0.15) is 11.8 Å². The molecule has 15 heavy (non-hydrogen) atoms. The molecule has 0 bridgehead atoms. The van der Waals surface area contributed by atoms with Gasteiger partial charge >= 0.3 is 6.18 Å². The van der Waals surface area contributed by atoms with E-state index in [9.17, 15) is 13.2 Å². The Balaban J connectivity index is 2.37. The fourth-order valence-corrected chi connectivity index (χ4v) is 1.14. The third kappa shape index (κ3) is 2.01. The molecule has 2 rings (SSSR count). The molecule has 5 heteroatoms. The minimum atomic E-state index is -4.40. The molecule has 2 nitrogen and oxygen atoms in total. The Bertz CT molecular complexity index is 445. The van der Waals surface area contributed by atoms with Gasteiger partial charge in [0.25, 0.3) is 0 Å². The van der Waals surface area contributed by atoms with Gasteiger partial charge in [0.2, 0.25) is 0 Å². The van der Waals surface area contributed by atoms with Crippen molar-refractivity contribution in [3.63, 3.8) is 0 Å². The smallest absolute Gasteiger partial charge is 0.240 e. The van der Waals surface area contributed by atoms with Gasteiger partial charge in [-0.15, -0.1) is 0 Å². The largest absolute Gasteiger partial charge is 0.420 e. The first-order chi connectivity index (χ1) is 7.07. The summed E-state index contributed by atoms with van der Waals surface area (Å²) in [6.07, 6.45) is -1.55. The molecule has 0 aliphatic carbocycles. The number of nitrogens with zero attached hydrogens (tertiary/aromatic N) is 2. The lowest BCUT2D eigenvalue weighted by atomic mass is 10.3. The molecule has 0 spiro atoms. The van der Waals surface area contributed by atoms with Crippen LogP contribution in [0.3, 0.4) is 0 Å². The summed E-state index contributed by atoms with van der Waals surface area (Å²) in [5.41, 5.74) is -0.296. The predicted octanol–water partition coefficient (Wildman–Crippen LogP) is 2.69. The maximum absolute atomic E-state index is 12.2. The average molecular weight is 211 g/mol. The van der Waals surface area contributed by atoms with Crippen LogP contribution in [0, 0.1) is 6.20 Å². The fourth-order valence-electron chi connectivity index (χ4n) is 1.14. The molecule has 77 valence electrons. The van der Waals surface area contributed by atoms with Crippen molar-refractivity contribution < 1.29 is 13.2 Å². The minimum Gasteiger partial charge on any atom is -0.240 e. The zero-order chi connectivity index (χ0) is 10.9. The van der Waals surface area contributed by atoms with Crippen LogP contribution >= 0.6 is 0 Å². The lowest BCUT2D eigenvalue weighted by Gasteiger charge is -2.01. The number of aromatic nitrogens is 2. The van der Waals surface area contributed by atoms with Crippen molar-refractivity contribution >= 4 is 0 Å².